The second-order valence-corrected chi connectivity index (χ2v) is 10.4. The Labute approximate surface area is 222 Å². The highest BCUT2D eigenvalue weighted by Gasteiger charge is 2.31. The van der Waals surface area contributed by atoms with E-state index in [-0.39, 0.29) is 17.5 Å². The van der Waals surface area contributed by atoms with Gasteiger partial charge in [0, 0.05) is 11.1 Å². The van der Waals surface area contributed by atoms with Crippen LogP contribution in [-0.2, 0) is 9.53 Å². The number of ether oxygens (including phenoxy) is 2. The standard InChI is InChI=1S/C29H23ClFNO4S/c1-17(21-6-4-5-9-24(21)31)35-29(34)32-25-16-26(30)37-27(25)23-8-3-2-7-22(23)18-12-14-20(15-13-18)36-28(33)19-10-11-19/h2-9,12-17,19H,10-11H2,1H3,(H,32,34). The van der Waals surface area contributed by atoms with Gasteiger partial charge in [-0.25, -0.2) is 9.18 Å². The molecular weight excluding hydrogens is 513 g/mol. The van der Waals surface area contributed by atoms with Crippen LogP contribution in [0.15, 0.2) is 78.9 Å². The van der Waals surface area contributed by atoms with Crippen molar-refractivity contribution in [3.63, 3.8) is 0 Å². The molecule has 1 fully saturated rings. The van der Waals surface area contributed by atoms with Crippen LogP contribution in [0.2, 0.25) is 4.34 Å². The van der Waals surface area contributed by atoms with Gasteiger partial charge in [-0.1, -0.05) is 66.2 Å². The van der Waals surface area contributed by atoms with Crippen molar-refractivity contribution in [1.82, 2.24) is 0 Å². The third-order valence-corrected chi connectivity index (χ3v) is 7.33. The summed E-state index contributed by atoms with van der Waals surface area (Å²) in [5, 5.41) is 2.76. The first-order valence-electron chi connectivity index (χ1n) is 11.8. The van der Waals surface area contributed by atoms with E-state index in [9.17, 15) is 14.0 Å². The van der Waals surface area contributed by atoms with Crippen LogP contribution in [0.3, 0.4) is 0 Å². The number of amides is 1. The Bertz CT molecular complexity index is 1450. The minimum absolute atomic E-state index is 0.0243. The van der Waals surface area contributed by atoms with Gasteiger partial charge in [0.2, 0.25) is 0 Å². The molecule has 0 radical (unpaired) electrons. The fourth-order valence-corrected chi connectivity index (χ4v) is 5.20. The van der Waals surface area contributed by atoms with Crippen LogP contribution < -0.4 is 10.1 Å². The summed E-state index contributed by atoms with van der Waals surface area (Å²) in [5.41, 5.74) is 3.46. The first kappa shape index (κ1) is 25.0. The van der Waals surface area contributed by atoms with Crippen molar-refractivity contribution in [1.29, 1.82) is 0 Å². The van der Waals surface area contributed by atoms with Crippen molar-refractivity contribution in [2.24, 2.45) is 5.92 Å². The SMILES string of the molecule is CC(OC(=O)Nc1cc(Cl)sc1-c1ccccc1-c1ccc(OC(=O)C2CC2)cc1)c1ccccc1F. The molecule has 1 N–H and O–H groups in total. The number of hydrogen-bond acceptors (Lipinski definition) is 5. The van der Waals surface area contributed by atoms with Crippen molar-refractivity contribution in [2.45, 2.75) is 25.9 Å². The molecule has 0 bridgehead atoms. The van der Waals surface area contributed by atoms with Gasteiger partial charge in [-0.15, -0.1) is 11.3 Å². The summed E-state index contributed by atoms with van der Waals surface area (Å²) in [4.78, 5) is 25.4. The summed E-state index contributed by atoms with van der Waals surface area (Å²) >= 11 is 7.67. The highest BCUT2D eigenvalue weighted by Crippen LogP contribution is 2.43. The van der Waals surface area contributed by atoms with Gasteiger partial charge < -0.3 is 9.47 Å². The molecule has 5 rings (SSSR count). The average Bonchev–Trinajstić information content (AvgIpc) is 3.68. The van der Waals surface area contributed by atoms with Crippen LogP contribution in [0.25, 0.3) is 21.6 Å². The Morgan fingerprint density at radius 2 is 1.68 bits per heavy atom. The van der Waals surface area contributed by atoms with Crippen LogP contribution in [0.5, 0.6) is 5.75 Å². The summed E-state index contributed by atoms with van der Waals surface area (Å²) in [7, 11) is 0. The molecule has 1 aliphatic rings. The molecule has 4 aromatic rings. The number of esters is 1. The molecule has 0 spiro atoms. The van der Waals surface area contributed by atoms with Gasteiger partial charge >= 0.3 is 12.1 Å². The summed E-state index contributed by atoms with van der Waals surface area (Å²) < 4.78 is 25.4. The molecule has 1 aliphatic carbocycles. The van der Waals surface area contributed by atoms with Gasteiger partial charge in [-0.05, 0) is 55.2 Å². The van der Waals surface area contributed by atoms with E-state index in [4.69, 9.17) is 21.1 Å². The predicted molar refractivity (Wildman–Crippen MR) is 143 cm³/mol. The lowest BCUT2D eigenvalue weighted by Gasteiger charge is -2.16. The minimum atomic E-state index is -0.779. The third-order valence-electron chi connectivity index (χ3n) is 6.03. The van der Waals surface area contributed by atoms with Gasteiger partial charge in [0.15, 0.2) is 0 Å². The predicted octanol–water partition coefficient (Wildman–Crippen LogP) is 8.50. The van der Waals surface area contributed by atoms with Crippen LogP contribution in [0, 0.1) is 11.7 Å². The Hall–Kier alpha value is -3.68. The normalized spacial score (nSPS) is 13.6. The highest BCUT2D eigenvalue weighted by molar-refractivity contribution is 7.20. The van der Waals surface area contributed by atoms with E-state index in [1.54, 1.807) is 43.3 Å². The van der Waals surface area contributed by atoms with E-state index in [0.717, 1.165) is 34.4 Å². The second kappa shape index (κ2) is 10.7. The van der Waals surface area contributed by atoms with Crippen molar-refractivity contribution in [3.8, 4) is 27.3 Å². The van der Waals surface area contributed by atoms with Crippen molar-refractivity contribution >= 4 is 40.7 Å². The molecule has 1 saturated carbocycles. The lowest BCUT2D eigenvalue weighted by Crippen LogP contribution is -2.16. The van der Waals surface area contributed by atoms with Gasteiger partial charge in [0.05, 0.1) is 20.8 Å². The smallest absolute Gasteiger partial charge is 0.412 e. The van der Waals surface area contributed by atoms with Crippen LogP contribution in [-0.4, -0.2) is 12.1 Å². The molecule has 188 valence electrons. The first-order valence-corrected chi connectivity index (χ1v) is 13.0. The Kier molecular flexibility index (Phi) is 7.26. The molecule has 1 aromatic heterocycles. The summed E-state index contributed by atoms with van der Waals surface area (Å²) in [6.07, 6.45) is 0.281. The van der Waals surface area contributed by atoms with Gasteiger partial charge in [0.1, 0.15) is 17.7 Å². The summed E-state index contributed by atoms with van der Waals surface area (Å²) in [5.74, 6) is -0.0970. The largest absolute Gasteiger partial charge is 0.441 e. The number of carbonyl (C=O) groups excluding carboxylic acids is 2. The molecule has 1 atom stereocenters. The van der Waals surface area contributed by atoms with E-state index in [2.05, 4.69) is 5.32 Å². The lowest BCUT2D eigenvalue weighted by molar-refractivity contribution is -0.135. The fraction of sp³-hybridized carbons (Fsp3) is 0.172. The number of nitrogens with one attached hydrogen (secondary N) is 1. The molecule has 1 amide bonds. The molecule has 37 heavy (non-hydrogen) atoms. The zero-order valence-corrected chi connectivity index (χ0v) is 21.4. The van der Waals surface area contributed by atoms with Crippen molar-refractivity contribution in [3.05, 3.63) is 94.6 Å². The molecule has 0 aliphatic heterocycles. The Balaban J connectivity index is 1.37. The monoisotopic (exact) mass is 535 g/mol. The van der Waals surface area contributed by atoms with Crippen molar-refractivity contribution in [2.75, 3.05) is 5.32 Å². The highest BCUT2D eigenvalue weighted by atomic mass is 35.5. The maximum Gasteiger partial charge on any atom is 0.412 e. The lowest BCUT2D eigenvalue weighted by atomic mass is 9.98. The van der Waals surface area contributed by atoms with Gasteiger partial charge in [-0.3, -0.25) is 10.1 Å². The molecule has 0 saturated heterocycles. The van der Waals surface area contributed by atoms with Crippen LogP contribution in [0.4, 0.5) is 14.9 Å². The summed E-state index contributed by atoms with van der Waals surface area (Å²) in [6.45, 7) is 1.61. The maximum absolute atomic E-state index is 14.1. The van der Waals surface area contributed by atoms with E-state index < -0.39 is 18.0 Å². The van der Waals surface area contributed by atoms with Gasteiger partial charge in [-0.2, -0.15) is 0 Å². The molecule has 3 aromatic carbocycles. The first-order chi connectivity index (χ1) is 17.9. The van der Waals surface area contributed by atoms with E-state index in [0.29, 0.717) is 15.8 Å². The zero-order valence-electron chi connectivity index (χ0n) is 19.9. The maximum atomic E-state index is 14.1. The van der Waals surface area contributed by atoms with E-state index in [1.807, 2.05) is 36.4 Å². The number of rotatable bonds is 7. The Morgan fingerprint density at radius 1 is 1.00 bits per heavy atom. The number of thiophene rings is 1. The molecule has 1 unspecified atom stereocenters. The molecule has 5 nitrogen and oxygen atoms in total. The van der Waals surface area contributed by atoms with Crippen LogP contribution >= 0.6 is 22.9 Å². The third kappa shape index (κ3) is 5.84. The average molecular weight is 536 g/mol. The zero-order chi connectivity index (χ0) is 25.9. The second-order valence-electron chi connectivity index (χ2n) is 8.75. The number of halogens is 2. The fourth-order valence-electron chi connectivity index (χ4n) is 3.98. The number of carbonyl (C=O) groups is 2. The topological polar surface area (TPSA) is 64.6 Å². The van der Waals surface area contributed by atoms with Crippen LogP contribution in [0.1, 0.15) is 31.4 Å². The van der Waals surface area contributed by atoms with E-state index in [1.165, 1.54) is 17.4 Å². The summed E-state index contributed by atoms with van der Waals surface area (Å²) in [6, 6.07) is 22.9. The number of anilines is 1. The van der Waals surface area contributed by atoms with Crippen molar-refractivity contribution < 1.29 is 23.5 Å². The number of benzene rings is 3. The molecule has 1 heterocycles. The number of hydrogen-bond donors (Lipinski definition) is 1. The van der Waals surface area contributed by atoms with E-state index >= 15 is 0 Å². The molecule has 8 heteroatoms. The quantitative estimate of drug-likeness (QED) is 0.190. The Morgan fingerprint density at radius 3 is 2.38 bits per heavy atom. The van der Waals surface area contributed by atoms with Gasteiger partial charge in [0.25, 0.3) is 0 Å². The minimum Gasteiger partial charge on any atom is -0.441 e. The molecular formula is C29H23ClFNO4S.